The highest BCUT2D eigenvalue weighted by Gasteiger charge is 2.44. The van der Waals surface area contributed by atoms with Crippen molar-refractivity contribution in [2.75, 3.05) is 19.7 Å². The zero-order chi connectivity index (χ0) is 9.60. The fourth-order valence-corrected chi connectivity index (χ4v) is 2.95. The fraction of sp³-hybridized carbons (Fsp3) is 0.667. The van der Waals surface area contributed by atoms with Gasteiger partial charge in [0, 0.05) is 35.4 Å². The lowest BCUT2D eigenvalue weighted by Crippen LogP contribution is -2.39. The van der Waals surface area contributed by atoms with Gasteiger partial charge in [0.05, 0.1) is 18.8 Å². The van der Waals surface area contributed by atoms with Crippen molar-refractivity contribution >= 4 is 16.1 Å². The summed E-state index contributed by atoms with van der Waals surface area (Å²) in [5.41, 5.74) is 1.11. The highest BCUT2D eigenvalue weighted by Crippen LogP contribution is 2.38. The summed E-state index contributed by atoms with van der Waals surface area (Å²) in [6.07, 6.45) is 2.91. The molecule has 3 rings (SSSR count). The maximum absolute atomic E-state index is 5.95. The minimum absolute atomic E-state index is 0.113. The summed E-state index contributed by atoms with van der Waals surface area (Å²) in [5, 5.41) is 4.30. The monoisotopic (exact) mass is 257 g/mol. The maximum Gasteiger partial charge on any atom is 0.124 e. The lowest BCUT2D eigenvalue weighted by Gasteiger charge is -2.33. The van der Waals surface area contributed by atoms with E-state index < -0.39 is 0 Å². The van der Waals surface area contributed by atoms with E-state index in [0.717, 1.165) is 32.7 Å². The Morgan fingerprint density at radius 1 is 1.50 bits per heavy atom. The van der Waals surface area contributed by atoms with Gasteiger partial charge >= 0.3 is 0 Å². The van der Waals surface area contributed by atoms with E-state index in [1.807, 2.05) is 6.20 Å². The summed E-state index contributed by atoms with van der Waals surface area (Å²) < 4.78 is 10.1. The Bertz CT molecular complexity index is 354. The van der Waals surface area contributed by atoms with Gasteiger partial charge in [-0.1, -0.05) is 0 Å². The lowest BCUT2D eigenvalue weighted by molar-refractivity contribution is -0.0683. The minimum Gasteiger partial charge on any atom is -0.365 e. The number of halogens is 1. The molecule has 0 radical (unpaired) electrons. The maximum atomic E-state index is 5.95. The zero-order valence-electron chi connectivity index (χ0n) is 7.82. The zero-order valence-corrected chi connectivity index (χ0v) is 9.40. The second-order valence-electron chi connectivity index (χ2n) is 3.88. The van der Waals surface area contributed by atoms with Crippen molar-refractivity contribution in [1.29, 1.82) is 0 Å². The third-order valence-corrected chi connectivity index (χ3v) is 3.66. The molecule has 76 valence electrons. The van der Waals surface area contributed by atoms with Crippen molar-refractivity contribution in [3.8, 4) is 0 Å². The summed E-state index contributed by atoms with van der Waals surface area (Å²) in [6.45, 7) is 3.60. The van der Waals surface area contributed by atoms with Crippen molar-refractivity contribution in [2.45, 2.75) is 18.6 Å². The van der Waals surface area contributed by atoms with E-state index in [1.165, 1.54) is 5.69 Å². The van der Waals surface area contributed by atoms with Crippen LogP contribution in [0.5, 0.6) is 0 Å². The van der Waals surface area contributed by atoms with Crippen LogP contribution in [-0.4, -0.2) is 33.4 Å². The number of rotatable bonds is 0. The molecule has 0 bridgehead atoms. The van der Waals surface area contributed by atoms with Gasteiger partial charge in [-0.25, -0.2) is 3.93 Å². The molecule has 0 aromatic carbocycles. The number of fused-ring (bicyclic) bond motifs is 2. The molecule has 4 nitrogen and oxygen atoms in total. The first-order chi connectivity index (χ1) is 6.80. The predicted molar refractivity (Wildman–Crippen MR) is 55.0 cm³/mol. The van der Waals surface area contributed by atoms with Gasteiger partial charge in [-0.3, -0.25) is 4.68 Å². The molecule has 0 amide bonds. The average molecular weight is 258 g/mol. The fourth-order valence-electron chi connectivity index (χ4n) is 2.36. The molecule has 1 fully saturated rings. The van der Waals surface area contributed by atoms with Gasteiger partial charge in [-0.15, -0.1) is 0 Å². The number of aromatic nitrogens is 2. The molecular formula is C9H12BrN3O. The molecule has 1 saturated heterocycles. The van der Waals surface area contributed by atoms with Gasteiger partial charge in [-0.05, 0) is 12.5 Å². The van der Waals surface area contributed by atoms with E-state index in [0.29, 0.717) is 0 Å². The molecule has 1 aromatic heterocycles. The Morgan fingerprint density at radius 2 is 2.43 bits per heavy atom. The predicted octanol–water partition coefficient (Wildman–Crippen LogP) is 1.12. The molecule has 1 aromatic rings. The lowest BCUT2D eigenvalue weighted by atomic mass is 9.97. The second-order valence-corrected chi connectivity index (χ2v) is 4.88. The Hall–Kier alpha value is -0.390. The molecule has 3 heterocycles. The molecule has 1 atom stereocenters. The Labute approximate surface area is 91.2 Å². The standard InChI is InChI=1S/C9H12BrN3O/c10-12-4-2-9(7-12)8-1-3-11-13(8)5-6-14-9/h1,3H,2,4-7H2. The largest absolute Gasteiger partial charge is 0.365 e. The molecule has 14 heavy (non-hydrogen) atoms. The van der Waals surface area contributed by atoms with Crippen LogP contribution in [0.3, 0.4) is 0 Å². The van der Waals surface area contributed by atoms with E-state index in [1.54, 1.807) is 0 Å². The SMILES string of the molecule is BrN1CCC2(C1)OCCn1nccc12. The molecule has 2 aliphatic heterocycles. The Morgan fingerprint density at radius 3 is 3.21 bits per heavy atom. The van der Waals surface area contributed by atoms with Gasteiger partial charge in [0.1, 0.15) is 5.60 Å². The third kappa shape index (κ3) is 1.16. The molecule has 0 aliphatic carbocycles. The van der Waals surface area contributed by atoms with E-state index in [9.17, 15) is 0 Å². The first-order valence-electron chi connectivity index (χ1n) is 4.87. The smallest absolute Gasteiger partial charge is 0.124 e. The molecule has 1 unspecified atom stereocenters. The van der Waals surface area contributed by atoms with Crippen LogP contribution in [0.2, 0.25) is 0 Å². The van der Waals surface area contributed by atoms with Crippen molar-refractivity contribution in [3.05, 3.63) is 18.0 Å². The van der Waals surface area contributed by atoms with E-state index in [2.05, 4.69) is 35.9 Å². The third-order valence-electron chi connectivity index (χ3n) is 3.05. The van der Waals surface area contributed by atoms with Gasteiger partial charge < -0.3 is 4.74 Å². The van der Waals surface area contributed by atoms with Gasteiger partial charge in [0.15, 0.2) is 0 Å². The minimum atomic E-state index is -0.113. The quantitative estimate of drug-likeness (QED) is 0.653. The highest BCUT2D eigenvalue weighted by molar-refractivity contribution is 9.07. The normalized spacial score (nSPS) is 32.4. The summed E-state index contributed by atoms with van der Waals surface area (Å²) in [5.74, 6) is 0. The first kappa shape index (κ1) is 8.88. The number of hydrogen-bond donors (Lipinski definition) is 0. The van der Waals surface area contributed by atoms with Crippen LogP contribution in [-0.2, 0) is 16.9 Å². The topological polar surface area (TPSA) is 30.3 Å². The van der Waals surface area contributed by atoms with Crippen LogP contribution in [0.25, 0.3) is 0 Å². The first-order valence-corrected chi connectivity index (χ1v) is 5.58. The van der Waals surface area contributed by atoms with Crippen LogP contribution < -0.4 is 0 Å². The van der Waals surface area contributed by atoms with Crippen molar-refractivity contribution < 1.29 is 4.74 Å². The van der Waals surface area contributed by atoms with Crippen LogP contribution in [0.4, 0.5) is 0 Å². The molecule has 1 spiro atoms. The number of hydrogen-bond acceptors (Lipinski definition) is 3. The Balaban J connectivity index is 2.03. The molecule has 0 N–H and O–H groups in total. The molecule has 2 aliphatic rings. The molecule has 5 heteroatoms. The average Bonchev–Trinajstić information content (AvgIpc) is 2.75. The number of ether oxygens (including phenoxy) is 1. The summed E-state index contributed by atoms with van der Waals surface area (Å²) in [4.78, 5) is 0. The van der Waals surface area contributed by atoms with Crippen molar-refractivity contribution in [3.63, 3.8) is 0 Å². The Kier molecular flexibility index (Phi) is 1.93. The molecular weight excluding hydrogens is 246 g/mol. The second kappa shape index (κ2) is 3.05. The summed E-state index contributed by atoms with van der Waals surface area (Å²) >= 11 is 3.51. The van der Waals surface area contributed by atoms with Crippen molar-refractivity contribution in [2.24, 2.45) is 0 Å². The summed E-state index contributed by atoms with van der Waals surface area (Å²) in [6, 6.07) is 2.07. The summed E-state index contributed by atoms with van der Waals surface area (Å²) in [7, 11) is 0. The van der Waals surface area contributed by atoms with E-state index in [4.69, 9.17) is 4.74 Å². The van der Waals surface area contributed by atoms with Gasteiger partial charge in [-0.2, -0.15) is 5.10 Å². The van der Waals surface area contributed by atoms with Crippen molar-refractivity contribution in [1.82, 2.24) is 13.7 Å². The number of nitrogens with zero attached hydrogens (tertiary/aromatic N) is 3. The van der Waals surface area contributed by atoms with Crippen LogP contribution in [0.15, 0.2) is 12.3 Å². The van der Waals surface area contributed by atoms with Gasteiger partial charge in [0.25, 0.3) is 0 Å². The van der Waals surface area contributed by atoms with Crippen LogP contribution >= 0.6 is 16.1 Å². The van der Waals surface area contributed by atoms with Crippen LogP contribution in [0, 0.1) is 0 Å². The molecule has 0 saturated carbocycles. The van der Waals surface area contributed by atoms with E-state index >= 15 is 0 Å². The highest BCUT2D eigenvalue weighted by atomic mass is 79.9. The van der Waals surface area contributed by atoms with Crippen LogP contribution in [0.1, 0.15) is 12.1 Å². The van der Waals surface area contributed by atoms with Gasteiger partial charge in [0.2, 0.25) is 0 Å². The van der Waals surface area contributed by atoms with E-state index in [-0.39, 0.29) is 5.60 Å².